The summed E-state index contributed by atoms with van der Waals surface area (Å²) in [6.07, 6.45) is 1.46. The second-order valence-corrected chi connectivity index (χ2v) is 5.82. The lowest BCUT2D eigenvalue weighted by atomic mass is 10.2. The molecular formula is C18H15ClN4O2. The number of nitrogens with zero attached hydrogens (tertiary/aromatic N) is 2. The molecule has 3 aromatic rings. The third-order valence-corrected chi connectivity index (χ3v) is 3.82. The molecule has 0 spiro atoms. The highest BCUT2D eigenvalue weighted by Gasteiger charge is 2.19. The Kier molecular flexibility index (Phi) is 4.81. The van der Waals surface area contributed by atoms with Gasteiger partial charge >= 0.3 is 0 Å². The van der Waals surface area contributed by atoms with Gasteiger partial charge < -0.3 is 15.6 Å². The Morgan fingerprint density at radius 3 is 2.56 bits per heavy atom. The van der Waals surface area contributed by atoms with Crippen LogP contribution in [-0.4, -0.2) is 21.4 Å². The van der Waals surface area contributed by atoms with Gasteiger partial charge in [0.2, 0.25) is 0 Å². The van der Waals surface area contributed by atoms with E-state index in [1.165, 1.54) is 6.33 Å². The highest BCUT2D eigenvalue weighted by molar-refractivity contribution is 6.30. The second kappa shape index (κ2) is 7.19. The fraction of sp³-hybridized carbons (Fsp3) is 0.0556. The SMILES string of the molecule is NC(=O)c1c(NC(=O)c2ccccc2)ncn1Cc1cccc(Cl)c1. The van der Waals surface area contributed by atoms with Gasteiger partial charge in [0.05, 0.1) is 6.33 Å². The summed E-state index contributed by atoms with van der Waals surface area (Å²) in [5, 5.41) is 3.22. The van der Waals surface area contributed by atoms with Crippen LogP contribution in [0.15, 0.2) is 60.9 Å². The van der Waals surface area contributed by atoms with Crippen molar-refractivity contribution in [3.05, 3.63) is 82.8 Å². The van der Waals surface area contributed by atoms with E-state index in [1.807, 2.05) is 18.2 Å². The average molecular weight is 355 g/mol. The molecule has 3 rings (SSSR count). The van der Waals surface area contributed by atoms with Crippen molar-refractivity contribution >= 4 is 29.2 Å². The molecule has 126 valence electrons. The van der Waals surface area contributed by atoms with Crippen LogP contribution in [-0.2, 0) is 6.54 Å². The zero-order chi connectivity index (χ0) is 17.8. The molecule has 0 aliphatic rings. The molecule has 25 heavy (non-hydrogen) atoms. The van der Waals surface area contributed by atoms with Gasteiger partial charge in [0.15, 0.2) is 11.5 Å². The highest BCUT2D eigenvalue weighted by Crippen LogP contribution is 2.18. The number of nitrogens with two attached hydrogens (primary N) is 1. The Labute approximate surface area is 149 Å². The molecule has 1 aromatic heterocycles. The highest BCUT2D eigenvalue weighted by atomic mass is 35.5. The number of benzene rings is 2. The number of halogens is 1. The predicted molar refractivity (Wildman–Crippen MR) is 95.7 cm³/mol. The molecule has 6 nitrogen and oxygen atoms in total. The fourth-order valence-corrected chi connectivity index (χ4v) is 2.67. The molecule has 7 heteroatoms. The summed E-state index contributed by atoms with van der Waals surface area (Å²) < 4.78 is 1.58. The van der Waals surface area contributed by atoms with Crippen LogP contribution in [0.5, 0.6) is 0 Å². The van der Waals surface area contributed by atoms with Crippen LogP contribution >= 0.6 is 11.6 Å². The molecule has 1 heterocycles. The quantitative estimate of drug-likeness (QED) is 0.738. The Balaban J connectivity index is 1.87. The van der Waals surface area contributed by atoms with Crippen molar-refractivity contribution in [2.24, 2.45) is 5.73 Å². The van der Waals surface area contributed by atoms with E-state index in [9.17, 15) is 9.59 Å². The largest absolute Gasteiger partial charge is 0.364 e. The number of anilines is 1. The summed E-state index contributed by atoms with van der Waals surface area (Å²) in [5.74, 6) is -0.914. The number of hydrogen-bond acceptors (Lipinski definition) is 3. The fourth-order valence-electron chi connectivity index (χ4n) is 2.45. The average Bonchev–Trinajstić information content (AvgIpc) is 2.98. The smallest absolute Gasteiger partial charge is 0.269 e. The van der Waals surface area contributed by atoms with Gasteiger partial charge in [0.25, 0.3) is 11.8 Å². The van der Waals surface area contributed by atoms with Gasteiger partial charge in [-0.3, -0.25) is 9.59 Å². The Morgan fingerprint density at radius 1 is 1.12 bits per heavy atom. The summed E-state index contributed by atoms with van der Waals surface area (Å²) in [6.45, 7) is 0.354. The summed E-state index contributed by atoms with van der Waals surface area (Å²) in [5.41, 5.74) is 6.95. The van der Waals surface area contributed by atoms with Crippen molar-refractivity contribution in [2.75, 3.05) is 5.32 Å². The molecule has 0 saturated heterocycles. The van der Waals surface area contributed by atoms with E-state index in [0.29, 0.717) is 17.1 Å². The maximum Gasteiger partial charge on any atom is 0.269 e. The zero-order valence-electron chi connectivity index (χ0n) is 13.1. The molecule has 3 N–H and O–H groups in total. The minimum Gasteiger partial charge on any atom is -0.364 e. The molecule has 0 aliphatic carbocycles. The van der Waals surface area contributed by atoms with Gasteiger partial charge in [0.1, 0.15) is 0 Å². The molecule has 0 aliphatic heterocycles. The van der Waals surface area contributed by atoms with Gasteiger partial charge in [-0.1, -0.05) is 41.9 Å². The van der Waals surface area contributed by atoms with Crippen molar-refractivity contribution < 1.29 is 9.59 Å². The number of rotatable bonds is 5. The number of primary amides is 1. The van der Waals surface area contributed by atoms with Crippen molar-refractivity contribution in [2.45, 2.75) is 6.54 Å². The van der Waals surface area contributed by atoms with Crippen LogP contribution in [0.2, 0.25) is 5.02 Å². The summed E-state index contributed by atoms with van der Waals surface area (Å²) in [6, 6.07) is 15.9. The first-order chi connectivity index (χ1) is 12.0. The van der Waals surface area contributed by atoms with Gasteiger partial charge in [-0.15, -0.1) is 0 Å². The molecule has 2 amide bonds. The lowest BCUT2D eigenvalue weighted by molar-refractivity contribution is 0.0993. The first kappa shape index (κ1) is 16.7. The lowest BCUT2D eigenvalue weighted by Crippen LogP contribution is -2.21. The monoisotopic (exact) mass is 354 g/mol. The summed E-state index contributed by atoms with van der Waals surface area (Å²) in [7, 11) is 0. The molecule has 0 unspecified atom stereocenters. The first-order valence-corrected chi connectivity index (χ1v) is 7.88. The molecule has 0 fully saturated rings. The second-order valence-electron chi connectivity index (χ2n) is 5.38. The minimum atomic E-state index is -0.678. The topological polar surface area (TPSA) is 90.0 Å². The standard InChI is InChI=1S/C18H15ClN4O2/c19-14-8-4-5-12(9-14)10-23-11-21-17(15(23)16(20)24)22-18(25)13-6-2-1-3-7-13/h1-9,11H,10H2,(H2,20,24)(H,22,25). The number of carbonyl (C=O) groups is 2. The van der Waals surface area contributed by atoms with Crippen molar-refractivity contribution in [3.8, 4) is 0 Å². The van der Waals surface area contributed by atoms with Crippen molar-refractivity contribution in [3.63, 3.8) is 0 Å². The van der Waals surface area contributed by atoms with E-state index < -0.39 is 5.91 Å². The van der Waals surface area contributed by atoms with Crippen LogP contribution in [0.1, 0.15) is 26.4 Å². The third-order valence-electron chi connectivity index (χ3n) is 3.58. The Bertz CT molecular complexity index is 922. The summed E-state index contributed by atoms with van der Waals surface area (Å²) in [4.78, 5) is 28.3. The molecule has 2 aromatic carbocycles. The van der Waals surface area contributed by atoms with Gasteiger partial charge in [0, 0.05) is 17.1 Å². The van der Waals surface area contributed by atoms with E-state index in [4.69, 9.17) is 17.3 Å². The number of carbonyl (C=O) groups excluding carboxylic acids is 2. The van der Waals surface area contributed by atoms with Gasteiger partial charge in [-0.05, 0) is 29.8 Å². The molecular weight excluding hydrogens is 340 g/mol. The molecule has 0 saturated carbocycles. The van der Waals surface area contributed by atoms with Crippen LogP contribution in [0.4, 0.5) is 5.82 Å². The summed E-state index contributed by atoms with van der Waals surface area (Å²) >= 11 is 5.98. The van der Waals surface area contributed by atoms with Crippen molar-refractivity contribution in [1.82, 2.24) is 9.55 Å². The van der Waals surface area contributed by atoms with Gasteiger partial charge in [-0.2, -0.15) is 0 Å². The number of aromatic nitrogens is 2. The van der Waals surface area contributed by atoms with E-state index >= 15 is 0 Å². The molecule has 0 radical (unpaired) electrons. The van der Waals surface area contributed by atoms with Crippen LogP contribution in [0.25, 0.3) is 0 Å². The number of nitrogens with one attached hydrogen (secondary N) is 1. The first-order valence-electron chi connectivity index (χ1n) is 7.50. The van der Waals surface area contributed by atoms with E-state index in [0.717, 1.165) is 5.56 Å². The van der Waals surface area contributed by atoms with Crippen LogP contribution in [0, 0.1) is 0 Å². The number of imidazole rings is 1. The van der Waals surface area contributed by atoms with Crippen LogP contribution < -0.4 is 11.1 Å². The van der Waals surface area contributed by atoms with Gasteiger partial charge in [-0.25, -0.2) is 4.98 Å². The Morgan fingerprint density at radius 2 is 1.88 bits per heavy atom. The maximum atomic E-state index is 12.3. The van der Waals surface area contributed by atoms with E-state index in [-0.39, 0.29) is 17.4 Å². The predicted octanol–water partition coefficient (Wildman–Crippen LogP) is 2.94. The normalized spacial score (nSPS) is 10.4. The van der Waals surface area contributed by atoms with Crippen LogP contribution in [0.3, 0.4) is 0 Å². The molecule has 0 atom stereocenters. The minimum absolute atomic E-state index is 0.128. The van der Waals surface area contributed by atoms with E-state index in [2.05, 4.69) is 10.3 Å². The van der Waals surface area contributed by atoms with E-state index in [1.54, 1.807) is 41.0 Å². The lowest BCUT2D eigenvalue weighted by Gasteiger charge is -2.08. The number of hydrogen-bond donors (Lipinski definition) is 2. The zero-order valence-corrected chi connectivity index (χ0v) is 13.9. The Hall–Kier alpha value is -3.12. The maximum absolute atomic E-state index is 12.3. The molecule has 0 bridgehead atoms. The number of amides is 2. The van der Waals surface area contributed by atoms with Crippen molar-refractivity contribution in [1.29, 1.82) is 0 Å². The third kappa shape index (κ3) is 3.87.